The average Bonchev–Trinajstić information content (AvgIpc) is 2.96. The van der Waals surface area contributed by atoms with Crippen LogP contribution >= 0.6 is 0 Å². The maximum absolute atomic E-state index is 10.8. The zero-order valence-corrected chi connectivity index (χ0v) is 11.2. The summed E-state index contributed by atoms with van der Waals surface area (Å²) in [6.07, 6.45) is 5.10. The Hall–Kier alpha value is -2.14. The summed E-state index contributed by atoms with van der Waals surface area (Å²) in [6.45, 7) is 0.768. The van der Waals surface area contributed by atoms with Crippen molar-refractivity contribution in [3.63, 3.8) is 0 Å². The molecule has 1 aromatic carbocycles. The third kappa shape index (κ3) is 4.51. The van der Waals surface area contributed by atoms with Gasteiger partial charge in [0.25, 0.3) is 0 Å². The second-order valence-electron chi connectivity index (χ2n) is 4.66. The zero-order chi connectivity index (χ0) is 14.2. The first kappa shape index (κ1) is 14.3. The standard InChI is InChI=1S/C15H19N3O2/c19-15(20)7-6-14(12-4-2-1-3-5-12)17-9-8-13-10-16-11-18-13/h1-5,10-11,14,17H,6-9H2,(H,16,18)(H,19,20). The first-order valence-corrected chi connectivity index (χ1v) is 6.73. The zero-order valence-electron chi connectivity index (χ0n) is 11.2. The Morgan fingerprint density at radius 2 is 2.15 bits per heavy atom. The number of aliphatic carboxylic acids is 1. The molecule has 2 rings (SSSR count). The first-order chi connectivity index (χ1) is 9.75. The molecule has 20 heavy (non-hydrogen) atoms. The van der Waals surface area contributed by atoms with E-state index < -0.39 is 5.97 Å². The molecule has 0 amide bonds. The van der Waals surface area contributed by atoms with Crippen LogP contribution in [0.1, 0.15) is 30.1 Å². The fourth-order valence-corrected chi connectivity index (χ4v) is 2.14. The van der Waals surface area contributed by atoms with E-state index in [1.165, 1.54) is 0 Å². The Kier molecular flexibility index (Phi) is 5.32. The van der Waals surface area contributed by atoms with Crippen molar-refractivity contribution in [3.05, 3.63) is 54.1 Å². The van der Waals surface area contributed by atoms with E-state index in [0.29, 0.717) is 6.42 Å². The summed E-state index contributed by atoms with van der Waals surface area (Å²) in [5, 5.41) is 12.3. The molecule has 0 bridgehead atoms. The van der Waals surface area contributed by atoms with Crippen molar-refractivity contribution >= 4 is 5.97 Å². The Morgan fingerprint density at radius 1 is 1.35 bits per heavy atom. The van der Waals surface area contributed by atoms with E-state index in [9.17, 15) is 4.79 Å². The number of benzene rings is 1. The summed E-state index contributed by atoms with van der Waals surface area (Å²) in [5.74, 6) is -0.764. The Labute approximate surface area is 118 Å². The lowest BCUT2D eigenvalue weighted by molar-refractivity contribution is -0.137. The maximum atomic E-state index is 10.8. The molecule has 2 aromatic rings. The average molecular weight is 273 g/mol. The predicted octanol–water partition coefficient (Wildman–Crippen LogP) is 2.15. The minimum Gasteiger partial charge on any atom is -0.481 e. The smallest absolute Gasteiger partial charge is 0.303 e. The van der Waals surface area contributed by atoms with Crippen LogP contribution in [0.15, 0.2) is 42.9 Å². The number of hydrogen-bond donors (Lipinski definition) is 3. The van der Waals surface area contributed by atoms with Gasteiger partial charge in [0.05, 0.1) is 12.0 Å². The fourth-order valence-electron chi connectivity index (χ4n) is 2.14. The molecule has 3 N–H and O–H groups in total. The van der Waals surface area contributed by atoms with Crippen LogP contribution in [0.4, 0.5) is 0 Å². The molecule has 5 nitrogen and oxygen atoms in total. The minimum atomic E-state index is -0.764. The normalized spacial score (nSPS) is 12.2. The summed E-state index contributed by atoms with van der Waals surface area (Å²) in [6, 6.07) is 10.0. The number of aromatic nitrogens is 2. The highest BCUT2D eigenvalue weighted by molar-refractivity contribution is 5.66. The van der Waals surface area contributed by atoms with Gasteiger partial charge >= 0.3 is 5.97 Å². The van der Waals surface area contributed by atoms with Gasteiger partial charge in [-0.25, -0.2) is 4.98 Å². The quantitative estimate of drug-likeness (QED) is 0.688. The number of carboxylic acids is 1. The lowest BCUT2D eigenvalue weighted by atomic mass is 10.0. The molecule has 1 atom stereocenters. The van der Waals surface area contributed by atoms with E-state index in [1.54, 1.807) is 6.33 Å². The first-order valence-electron chi connectivity index (χ1n) is 6.73. The van der Waals surface area contributed by atoms with E-state index in [-0.39, 0.29) is 12.5 Å². The van der Waals surface area contributed by atoms with Crippen molar-refractivity contribution in [2.45, 2.75) is 25.3 Å². The molecule has 0 spiro atoms. The van der Waals surface area contributed by atoms with Gasteiger partial charge in [0, 0.05) is 31.6 Å². The molecule has 0 fully saturated rings. The molecule has 106 valence electrons. The maximum Gasteiger partial charge on any atom is 0.303 e. The fraction of sp³-hybridized carbons (Fsp3) is 0.333. The van der Waals surface area contributed by atoms with Crippen LogP contribution < -0.4 is 5.32 Å². The number of nitrogens with one attached hydrogen (secondary N) is 2. The van der Waals surface area contributed by atoms with Crippen LogP contribution in [0.2, 0.25) is 0 Å². The minimum absolute atomic E-state index is 0.0613. The monoisotopic (exact) mass is 273 g/mol. The molecule has 0 saturated heterocycles. The number of hydrogen-bond acceptors (Lipinski definition) is 3. The molecule has 0 aliphatic heterocycles. The number of carbonyl (C=O) groups is 1. The molecule has 0 aliphatic carbocycles. The highest BCUT2D eigenvalue weighted by atomic mass is 16.4. The highest BCUT2D eigenvalue weighted by Crippen LogP contribution is 2.18. The van der Waals surface area contributed by atoms with Crippen molar-refractivity contribution in [3.8, 4) is 0 Å². The molecule has 1 aromatic heterocycles. The van der Waals surface area contributed by atoms with Gasteiger partial charge in [-0.15, -0.1) is 0 Å². The number of imidazole rings is 1. The van der Waals surface area contributed by atoms with Crippen LogP contribution in [0.3, 0.4) is 0 Å². The van der Waals surface area contributed by atoms with Gasteiger partial charge in [-0.2, -0.15) is 0 Å². The van der Waals surface area contributed by atoms with Crippen molar-refractivity contribution in [2.24, 2.45) is 0 Å². The molecular weight excluding hydrogens is 254 g/mol. The third-order valence-electron chi connectivity index (χ3n) is 3.18. The van der Waals surface area contributed by atoms with Gasteiger partial charge in [-0.1, -0.05) is 30.3 Å². The number of aromatic amines is 1. The van der Waals surface area contributed by atoms with Crippen LogP contribution in [-0.4, -0.2) is 27.6 Å². The van der Waals surface area contributed by atoms with E-state index in [4.69, 9.17) is 5.11 Å². The Morgan fingerprint density at radius 3 is 2.80 bits per heavy atom. The van der Waals surface area contributed by atoms with Crippen LogP contribution in [0, 0.1) is 0 Å². The predicted molar refractivity (Wildman–Crippen MR) is 76.3 cm³/mol. The third-order valence-corrected chi connectivity index (χ3v) is 3.18. The van der Waals surface area contributed by atoms with Gasteiger partial charge in [0.1, 0.15) is 0 Å². The van der Waals surface area contributed by atoms with Crippen LogP contribution in [0.5, 0.6) is 0 Å². The topological polar surface area (TPSA) is 78.0 Å². The van der Waals surface area contributed by atoms with Gasteiger partial charge in [-0.05, 0) is 12.0 Å². The second kappa shape index (κ2) is 7.45. The summed E-state index contributed by atoms with van der Waals surface area (Å²) < 4.78 is 0. The van der Waals surface area contributed by atoms with Crippen molar-refractivity contribution in [1.82, 2.24) is 15.3 Å². The summed E-state index contributed by atoms with van der Waals surface area (Å²) in [5.41, 5.74) is 2.12. The molecule has 0 saturated carbocycles. The van der Waals surface area contributed by atoms with Gasteiger partial charge in [0.2, 0.25) is 0 Å². The van der Waals surface area contributed by atoms with Crippen molar-refractivity contribution in [1.29, 1.82) is 0 Å². The Balaban J connectivity index is 1.90. The molecule has 0 aliphatic rings. The number of H-pyrrole nitrogens is 1. The number of nitrogens with zero attached hydrogens (tertiary/aromatic N) is 1. The molecule has 0 radical (unpaired) electrons. The van der Waals surface area contributed by atoms with Gasteiger partial charge in [0.15, 0.2) is 0 Å². The lowest BCUT2D eigenvalue weighted by Gasteiger charge is -2.18. The SMILES string of the molecule is O=C(O)CCC(NCCc1c[nH]cn1)c1ccccc1. The van der Waals surface area contributed by atoms with Crippen molar-refractivity contribution in [2.75, 3.05) is 6.54 Å². The van der Waals surface area contributed by atoms with Gasteiger partial charge in [-0.3, -0.25) is 4.79 Å². The van der Waals surface area contributed by atoms with E-state index in [2.05, 4.69) is 15.3 Å². The summed E-state index contributed by atoms with van der Waals surface area (Å²) >= 11 is 0. The van der Waals surface area contributed by atoms with Crippen LogP contribution in [-0.2, 0) is 11.2 Å². The second-order valence-corrected chi connectivity index (χ2v) is 4.66. The van der Waals surface area contributed by atoms with Crippen LogP contribution in [0.25, 0.3) is 0 Å². The largest absolute Gasteiger partial charge is 0.481 e. The number of rotatable bonds is 8. The number of carboxylic acid groups (broad SMARTS) is 1. The van der Waals surface area contributed by atoms with E-state index in [1.807, 2.05) is 36.5 Å². The highest BCUT2D eigenvalue weighted by Gasteiger charge is 2.12. The summed E-state index contributed by atoms with van der Waals surface area (Å²) in [7, 11) is 0. The van der Waals surface area contributed by atoms with E-state index in [0.717, 1.165) is 24.2 Å². The van der Waals surface area contributed by atoms with Crippen molar-refractivity contribution < 1.29 is 9.90 Å². The summed E-state index contributed by atoms with van der Waals surface area (Å²) in [4.78, 5) is 17.8. The molecule has 1 unspecified atom stereocenters. The van der Waals surface area contributed by atoms with Gasteiger partial charge < -0.3 is 15.4 Å². The lowest BCUT2D eigenvalue weighted by Crippen LogP contribution is -2.24. The molecular formula is C15H19N3O2. The Bertz CT molecular complexity index is 511. The molecule has 5 heteroatoms. The molecule has 1 heterocycles. The van der Waals surface area contributed by atoms with E-state index >= 15 is 0 Å².